The minimum atomic E-state index is 0.627. The fourth-order valence-corrected chi connectivity index (χ4v) is 1.77. The molecule has 76 valence electrons. The average Bonchev–Trinajstić information content (AvgIpc) is 2.21. The van der Waals surface area contributed by atoms with E-state index >= 15 is 0 Å². The third-order valence-corrected chi connectivity index (χ3v) is 2.80. The summed E-state index contributed by atoms with van der Waals surface area (Å²) in [6.45, 7) is 2.15. The Labute approximate surface area is 101 Å². The second-order valence-corrected chi connectivity index (χ2v) is 4.29. The van der Waals surface area contributed by atoms with E-state index in [1.54, 1.807) is 0 Å². The van der Waals surface area contributed by atoms with Crippen LogP contribution >= 0.6 is 22.6 Å². The van der Waals surface area contributed by atoms with E-state index in [0.717, 1.165) is 12.8 Å². The molecule has 0 spiro atoms. The van der Waals surface area contributed by atoms with Crippen LogP contribution < -0.4 is 0 Å². The summed E-state index contributed by atoms with van der Waals surface area (Å²) in [5, 5.41) is 0. The SMILES string of the molecule is CC1=CCC(/C=C/CC/C=C\I)C=C1. The van der Waals surface area contributed by atoms with Gasteiger partial charge in [-0.15, -0.1) is 0 Å². The van der Waals surface area contributed by atoms with Crippen molar-refractivity contribution in [1.82, 2.24) is 0 Å². The normalized spacial score (nSPS) is 22.1. The molecular weight excluding hydrogens is 283 g/mol. The molecule has 0 radical (unpaired) electrons. The van der Waals surface area contributed by atoms with Crippen LogP contribution in [0.5, 0.6) is 0 Å². The highest BCUT2D eigenvalue weighted by atomic mass is 127. The lowest BCUT2D eigenvalue weighted by Gasteiger charge is -2.09. The van der Waals surface area contributed by atoms with E-state index in [2.05, 4.69) is 70.1 Å². The third kappa shape index (κ3) is 4.80. The van der Waals surface area contributed by atoms with Crippen molar-refractivity contribution >= 4 is 22.6 Å². The maximum Gasteiger partial charge on any atom is -0.00155 e. The largest absolute Gasteiger partial charge is 0.0876 e. The predicted molar refractivity (Wildman–Crippen MR) is 72.5 cm³/mol. The van der Waals surface area contributed by atoms with E-state index in [1.165, 1.54) is 12.0 Å². The van der Waals surface area contributed by atoms with Crippen LogP contribution in [0.15, 0.2) is 46.1 Å². The highest BCUT2D eigenvalue weighted by molar-refractivity contribution is 14.1. The minimum absolute atomic E-state index is 0.627. The first-order chi connectivity index (χ1) is 6.83. The second-order valence-electron chi connectivity index (χ2n) is 3.57. The van der Waals surface area contributed by atoms with E-state index in [-0.39, 0.29) is 0 Å². The molecule has 0 heterocycles. The van der Waals surface area contributed by atoms with Crippen LogP contribution in [0.25, 0.3) is 0 Å². The van der Waals surface area contributed by atoms with Crippen molar-refractivity contribution in [2.24, 2.45) is 5.92 Å². The summed E-state index contributed by atoms with van der Waals surface area (Å²) in [6.07, 6.45) is 17.1. The lowest BCUT2D eigenvalue weighted by molar-refractivity contribution is 0.807. The predicted octanol–water partition coefficient (Wildman–Crippen LogP) is 4.79. The molecule has 0 N–H and O–H groups in total. The number of allylic oxidation sites excluding steroid dienone is 7. The molecule has 0 aromatic carbocycles. The smallest absolute Gasteiger partial charge is 0.00155 e. The number of hydrogen-bond donors (Lipinski definition) is 0. The highest BCUT2D eigenvalue weighted by Gasteiger charge is 2.01. The van der Waals surface area contributed by atoms with E-state index < -0.39 is 0 Å². The minimum Gasteiger partial charge on any atom is -0.0876 e. The molecule has 1 heteroatoms. The van der Waals surface area contributed by atoms with Gasteiger partial charge < -0.3 is 0 Å². The van der Waals surface area contributed by atoms with Crippen LogP contribution in [0.3, 0.4) is 0 Å². The maximum absolute atomic E-state index is 2.32. The first-order valence-corrected chi connectivity index (χ1v) is 6.34. The van der Waals surface area contributed by atoms with E-state index in [9.17, 15) is 0 Å². The van der Waals surface area contributed by atoms with Crippen LogP contribution in [0.1, 0.15) is 26.2 Å². The highest BCUT2D eigenvalue weighted by Crippen LogP contribution is 2.17. The summed E-state index contributed by atoms with van der Waals surface area (Å²) in [4.78, 5) is 0. The number of hydrogen-bond acceptors (Lipinski definition) is 0. The molecule has 1 atom stereocenters. The number of unbranched alkanes of at least 4 members (excludes halogenated alkanes) is 1. The quantitative estimate of drug-likeness (QED) is 0.398. The van der Waals surface area contributed by atoms with Crippen molar-refractivity contribution in [3.05, 3.63) is 46.1 Å². The molecule has 0 bridgehead atoms. The number of rotatable bonds is 4. The standard InChI is InChI=1S/C13H17I/c1-12-7-9-13(10-8-12)6-4-2-3-5-11-14/h4-9,11,13H,2-3,10H2,1H3/b6-4+,11-5-. The zero-order valence-electron chi connectivity index (χ0n) is 8.62. The topological polar surface area (TPSA) is 0 Å². The first-order valence-electron chi connectivity index (χ1n) is 5.10. The Morgan fingerprint density at radius 3 is 2.86 bits per heavy atom. The van der Waals surface area contributed by atoms with Crippen molar-refractivity contribution in [1.29, 1.82) is 0 Å². The van der Waals surface area contributed by atoms with Gasteiger partial charge in [-0.25, -0.2) is 0 Å². The molecule has 0 saturated carbocycles. The van der Waals surface area contributed by atoms with Gasteiger partial charge >= 0.3 is 0 Å². The molecule has 0 fully saturated rings. The zero-order chi connectivity index (χ0) is 10.2. The van der Waals surface area contributed by atoms with Gasteiger partial charge in [0.1, 0.15) is 0 Å². The molecule has 1 aliphatic carbocycles. The van der Waals surface area contributed by atoms with Crippen LogP contribution in [-0.4, -0.2) is 0 Å². The molecule has 0 saturated heterocycles. The van der Waals surface area contributed by atoms with Crippen LogP contribution in [-0.2, 0) is 0 Å². The van der Waals surface area contributed by atoms with Gasteiger partial charge in [-0.3, -0.25) is 0 Å². The Bertz CT molecular complexity index is 269. The second kappa shape index (κ2) is 7.04. The lowest BCUT2D eigenvalue weighted by Crippen LogP contribution is -1.94. The summed E-state index contributed by atoms with van der Waals surface area (Å²) in [7, 11) is 0. The molecule has 0 aliphatic heterocycles. The molecule has 1 aliphatic rings. The number of halogens is 1. The van der Waals surface area contributed by atoms with Gasteiger partial charge in [-0.1, -0.05) is 64.6 Å². The van der Waals surface area contributed by atoms with Gasteiger partial charge in [0.2, 0.25) is 0 Å². The summed E-state index contributed by atoms with van der Waals surface area (Å²) < 4.78 is 2.08. The molecule has 0 aromatic heterocycles. The molecule has 0 amide bonds. The van der Waals surface area contributed by atoms with Crippen molar-refractivity contribution in [2.45, 2.75) is 26.2 Å². The van der Waals surface area contributed by atoms with Crippen LogP contribution in [0.2, 0.25) is 0 Å². The molecule has 14 heavy (non-hydrogen) atoms. The Balaban J connectivity index is 2.22. The summed E-state index contributed by atoms with van der Waals surface area (Å²) >= 11 is 2.26. The summed E-state index contributed by atoms with van der Waals surface area (Å²) in [5.41, 5.74) is 1.39. The Morgan fingerprint density at radius 1 is 1.43 bits per heavy atom. The Kier molecular flexibility index (Phi) is 5.92. The fourth-order valence-electron chi connectivity index (χ4n) is 1.41. The Hall–Kier alpha value is -0.310. The molecule has 0 aromatic rings. The van der Waals surface area contributed by atoms with Gasteiger partial charge in [-0.05, 0) is 36.2 Å². The van der Waals surface area contributed by atoms with Gasteiger partial charge in [0.15, 0.2) is 0 Å². The molecule has 1 rings (SSSR count). The maximum atomic E-state index is 2.32. The van der Waals surface area contributed by atoms with E-state index in [1.807, 2.05) is 0 Å². The van der Waals surface area contributed by atoms with Crippen LogP contribution in [0, 0.1) is 5.92 Å². The van der Waals surface area contributed by atoms with Crippen molar-refractivity contribution in [3.8, 4) is 0 Å². The summed E-state index contributed by atoms with van der Waals surface area (Å²) in [5.74, 6) is 0.627. The fraction of sp³-hybridized carbons (Fsp3) is 0.385. The lowest BCUT2D eigenvalue weighted by atomic mass is 9.97. The summed E-state index contributed by atoms with van der Waals surface area (Å²) in [6, 6.07) is 0. The van der Waals surface area contributed by atoms with Crippen molar-refractivity contribution in [2.75, 3.05) is 0 Å². The molecular formula is C13H17I. The van der Waals surface area contributed by atoms with Crippen LogP contribution in [0.4, 0.5) is 0 Å². The van der Waals surface area contributed by atoms with Gasteiger partial charge in [0, 0.05) is 0 Å². The van der Waals surface area contributed by atoms with Gasteiger partial charge in [0.25, 0.3) is 0 Å². The molecule has 1 unspecified atom stereocenters. The Morgan fingerprint density at radius 2 is 2.21 bits per heavy atom. The van der Waals surface area contributed by atoms with Gasteiger partial charge in [0.05, 0.1) is 0 Å². The van der Waals surface area contributed by atoms with Crippen molar-refractivity contribution < 1.29 is 0 Å². The van der Waals surface area contributed by atoms with Gasteiger partial charge in [-0.2, -0.15) is 0 Å². The molecule has 0 nitrogen and oxygen atoms in total. The monoisotopic (exact) mass is 300 g/mol. The van der Waals surface area contributed by atoms with Crippen molar-refractivity contribution in [3.63, 3.8) is 0 Å². The zero-order valence-corrected chi connectivity index (χ0v) is 10.8. The van der Waals surface area contributed by atoms with E-state index in [0.29, 0.717) is 5.92 Å². The van der Waals surface area contributed by atoms with E-state index in [4.69, 9.17) is 0 Å². The average molecular weight is 300 g/mol. The first kappa shape index (κ1) is 11.8. The third-order valence-electron chi connectivity index (χ3n) is 2.29.